The van der Waals surface area contributed by atoms with Crippen LogP contribution in [0.1, 0.15) is 18.9 Å². The molecule has 1 aromatic carbocycles. The van der Waals surface area contributed by atoms with Crippen LogP contribution in [0.4, 0.5) is 0 Å². The van der Waals surface area contributed by atoms with Gasteiger partial charge in [-0.1, -0.05) is 25.1 Å². The van der Waals surface area contributed by atoms with Gasteiger partial charge in [0.15, 0.2) is 0 Å². The number of fused-ring (bicyclic) bond motifs is 1. The molecule has 1 heterocycles. The minimum atomic E-state index is -0.340. The summed E-state index contributed by atoms with van der Waals surface area (Å²) < 4.78 is 5.61. The van der Waals surface area contributed by atoms with Crippen molar-refractivity contribution in [2.45, 2.75) is 32.0 Å². The van der Waals surface area contributed by atoms with E-state index in [4.69, 9.17) is 4.74 Å². The molecule has 0 fully saturated rings. The van der Waals surface area contributed by atoms with Crippen molar-refractivity contribution in [3.8, 4) is 5.75 Å². The van der Waals surface area contributed by atoms with Crippen LogP contribution in [0.25, 0.3) is 0 Å². The maximum Gasteiger partial charge on any atom is 0.129 e. The second-order valence-electron chi connectivity index (χ2n) is 3.44. The number of rotatable bonds is 2. The van der Waals surface area contributed by atoms with Crippen LogP contribution < -0.4 is 4.74 Å². The zero-order chi connectivity index (χ0) is 9.26. The van der Waals surface area contributed by atoms with Crippen molar-refractivity contribution < 1.29 is 9.84 Å². The highest BCUT2D eigenvalue weighted by Crippen LogP contribution is 2.29. The standard InChI is InChI=1S/C11H14O2/c1-2-9(12)11-7-8-5-3-4-6-10(8)13-11/h3-6,9,11-12H,2,7H2,1H3/t9-,11?/m0/s1. The van der Waals surface area contributed by atoms with E-state index in [-0.39, 0.29) is 12.2 Å². The van der Waals surface area contributed by atoms with E-state index < -0.39 is 0 Å². The smallest absolute Gasteiger partial charge is 0.129 e. The molecule has 2 nitrogen and oxygen atoms in total. The first-order chi connectivity index (χ1) is 6.31. The number of hydrogen-bond acceptors (Lipinski definition) is 2. The third-order valence-corrected chi connectivity index (χ3v) is 2.52. The van der Waals surface area contributed by atoms with Crippen molar-refractivity contribution in [3.63, 3.8) is 0 Å². The van der Waals surface area contributed by atoms with Crippen LogP contribution in [0.15, 0.2) is 24.3 Å². The lowest BCUT2D eigenvalue weighted by atomic mass is 10.1. The van der Waals surface area contributed by atoms with Gasteiger partial charge in [-0.25, -0.2) is 0 Å². The summed E-state index contributed by atoms with van der Waals surface area (Å²) in [6.45, 7) is 1.97. The van der Waals surface area contributed by atoms with E-state index in [0.717, 1.165) is 18.6 Å². The molecule has 13 heavy (non-hydrogen) atoms. The fraction of sp³-hybridized carbons (Fsp3) is 0.455. The second kappa shape index (κ2) is 3.38. The Hall–Kier alpha value is -1.02. The maximum atomic E-state index is 9.60. The summed E-state index contributed by atoms with van der Waals surface area (Å²) >= 11 is 0. The van der Waals surface area contributed by atoms with Gasteiger partial charge in [0.2, 0.25) is 0 Å². The lowest BCUT2D eigenvalue weighted by molar-refractivity contribution is 0.0475. The van der Waals surface area contributed by atoms with E-state index in [2.05, 4.69) is 6.07 Å². The first kappa shape index (κ1) is 8.57. The molecule has 1 unspecified atom stereocenters. The summed E-state index contributed by atoms with van der Waals surface area (Å²) in [4.78, 5) is 0. The quantitative estimate of drug-likeness (QED) is 0.747. The van der Waals surface area contributed by atoms with Gasteiger partial charge in [0, 0.05) is 6.42 Å². The predicted octanol–water partition coefficient (Wildman–Crippen LogP) is 1.76. The largest absolute Gasteiger partial charge is 0.487 e. The average molecular weight is 178 g/mol. The maximum absolute atomic E-state index is 9.60. The number of ether oxygens (including phenoxy) is 1. The van der Waals surface area contributed by atoms with Crippen LogP contribution in [-0.4, -0.2) is 17.3 Å². The summed E-state index contributed by atoms with van der Waals surface area (Å²) in [5.41, 5.74) is 1.21. The van der Waals surface area contributed by atoms with Crippen molar-refractivity contribution in [2.24, 2.45) is 0 Å². The van der Waals surface area contributed by atoms with Crippen LogP contribution in [0, 0.1) is 0 Å². The molecule has 0 bridgehead atoms. The fourth-order valence-corrected chi connectivity index (χ4v) is 1.69. The zero-order valence-electron chi connectivity index (χ0n) is 7.73. The minimum Gasteiger partial charge on any atom is -0.487 e. The summed E-state index contributed by atoms with van der Waals surface area (Å²) in [6, 6.07) is 7.97. The van der Waals surface area contributed by atoms with Gasteiger partial charge in [-0.15, -0.1) is 0 Å². The number of aliphatic hydroxyl groups is 1. The van der Waals surface area contributed by atoms with Crippen LogP contribution in [0.2, 0.25) is 0 Å². The SMILES string of the molecule is CC[C@H](O)C1Cc2ccccc2O1. The molecule has 1 aromatic rings. The molecule has 1 aliphatic heterocycles. The zero-order valence-corrected chi connectivity index (χ0v) is 7.73. The number of para-hydroxylation sites is 1. The minimum absolute atomic E-state index is 0.0394. The molecule has 1 N–H and O–H groups in total. The summed E-state index contributed by atoms with van der Waals surface area (Å²) in [7, 11) is 0. The van der Waals surface area contributed by atoms with Crippen LogP contribution in [0.3, 0.4) is 0 Å². The van der Waals surface area contributed by atoms with E-state index in [1.807, 2.05) is 25.1 Å². The lowest BCUT2D eigenvalue weighted by Crippen LogP contribution is -2.29. The first-order valence-electron chi connectivity index (χ1n) is 4.74. The Bertz CT molecular complexity index is 271. The molecule has 0 aromatic heterocycles. The van der Waals surface area contributed by atoms with E-state index in [9.17, 15) is 5.11 Å². The van der Waals surface area contributed by atoms with E-state index in [0.29, 0.717) is 0 Å². The normalized spacial score (nSPS) is 22.2. The molecule has 2 atom stereocenters. The number of benzene rings is 1. The van der Waals surface area contributed by atoms with Gasteiger partial charge in [-0.2, -0.15) is 0 Å². The Morgan fingerprint density at radius 2 is 2.31 bits per heavy atom. The molecule has 0 spiro atoms. The van der Waals surface area contributed by atoms with Crippen LogP contribution >= 0.6 is 0 Å². The van der Waals surface area contributed by atoms with Crippen LogP contribution in [-0.2, 0) is 6.42 Å². The molecule has 0 saturated carbocycles. The highest BCUT2D eigenvalue weighted by Gasteiger charge is 2.27. The van der Waals surface area contributed by atoms with Crippen LogP contribution in [0.5, 0.6) is 5.75 Å². The summed E-state index contributed by atoms with van der Waals surface area (Å²) in [6.07, 6.45) is 1.21. The molecular formula is C11H14O2. The molecule has 0 saturated heterocycles. The highest BCUT2D eigenvalue weighted by molar-refractivity contribution is 5.37. The fourth-order valence-electron chi connectivity index (χ4n) is 1.69. The van der Waals surface area contributed by atoms with Crippen molar-refractivity contribution in [1.82, 2.24) is 0 Å². The molecule has 0 radical (unpaired) electrons. The Morgan fingerprint density at radius 1 is 1.54 bits per heavy atom. The lowest BCUT2D eigenvalue weighted by Gasteiger charge is -2.15. The topological polar surface area (TPSA) is 29.5 Å². The van der Waals surface area contributed by atoms with Gasteiger partial charge in [0.05, 0.1) is 6.10 Å². The molecule has 2 heteroatoms. The third kappa shape index (κ3) is 1.54. The molecule has 0 aliphatic carbocycles. The van der Waals surface area contributed by atoms with Crippen molar-refractivity contribution in [3.05, 3.63) is 29.8 Å². The van der Waals surface area contributed by atoms with Gasteiger partial charge >= 0.3 is 0 Å². The molecule has 1 aliphatic rings. The average Bonchev–Trinajstić information content (AvgIpc) is 2.59. The van der Waals surface area contributed by atoms with Crippen molar-refractivity contribution in [2.75, 3.05) is 0 Å². The van der Waals surface area contributed by atoms with Gasteiger partial charge in [0.25, 0.3) is 0 Å². The second-order valence-corrected chi connectivity index (χ2v) is 3.44. The molecule has 2 rings (SSSR count). The number of hydrogen-bond donors (Lipinski definition) is 1. The van der Waals surface area contributed by atoms with Gasteiger partial charge < -0.3 is 9.84 Å². The molecule has 0 amide bonds. The Morgan fingerprint density at radius 3 is 3.00 bits per heavy atom. The summed E-state index contributed by atoms with van der Waals surface area (Å²) in [5, 5.41) is 9.60. The third-order valence-electron chi connectivity index (χ3n) is 2.52. The molecule has 70 valence electrons. The van der Waals surface area contributed by atoms with Crippen molar-refractivity contribution in [1.29, 1.82) is 0 Å². The first-order valence-corrected chi connectivity index (χ1v) is 4.74. The van der Waals surface area contributed by atoms with E-state index >= 15 is 0 Å². The highest BCUT2D eigenvalue weighted by atomic mass is 16.5. The van der Waals surface area contributed by atoms with E-state index in [1.165, 1.54) is 5.56 Å². The number of aliphatic hydroxyl groups excluding tert-OH is 1. The van der Waals surface area contributed by atoms with E-state index in [1.54, 1.807) is 0 Å². The van der Waals surface area contributed by atoms with Crippen molar-refractivity contribution >= 4 is 0 Å². The Labute approximate surface area is 78.2 Å². The van der Waals surface area contributed by atoms with Gasteiger partial charge in [0.1, 0.15) is 11.9 Å². The summed E-state index contributed by atoms with van der Waals surface area (Å²) in [5.74, 6) is 0.931. The Balaban J connectivity index is 2.14. The van der Waals surface area contributed by atoms with Gasteiger partial charge in [-0.05, 0) is 18.1 Å². The molecular weight excluding hydrogens is 164 g/mol. The monoisotopic (exact) mass is 178 g/mol. The van der Waals surface area contributed by atoms with Gasteiger partial charge in [-0.3, -0.25) is 0 Å². The predicted molar refractivity (Wildman–Crippen MR) is 50.9 cm³/mol. The Kier molecular flexibility index (Phi) is 2.23.